The lowest BCUT2D eigenvalue weighted by Gasteiger charge is -2.25. The van der Waals surface area contributed by atoms with Crippen molar-refractivity contribution in [2.45, 2.75) is 45.8 Å². The summed E-state index contributed by atoms with van der Waals surface area (Å²) >= 11 is 0. The quantitative estimate of drug-likeness (QED) is 0.905. The lowest BCUT2D eigenvalue weighted by molar-refractivity contribution is 0.0130. The van der Waals surface area contributed by atoms with E-state index in [1.165, 1.54) is 6.07 Å². The summed E-state index contributed by atoms with van der Waals surface area (Å²) < 4.78 is 15.3. The Hall–Kier alpha value is -1.42. The maximum Gasteiger partial charge on any atom is 0.128 e. The molecule has 0 bridgehead atoms. The number of nitrogens with zero attached hydrogens (tertiary/aromatic N) is 2. The third kappa shape index (κ3) is 2.25. The molecule has 0 saturated heterocycles. The van der Waals surface area contributed by atoms with E-state index in [0.29, 0.717) is 24.9 Å². The van der Waals surface area contributed by atoms with Gasteiger partial charge in [0.2, 0.25) is 0 Å². The Kier molecular flexibility index (Phi) is 3.39. The lowest BCUT2D eigenvalue weighted by atomic mass is 9.97. The molecular weight excluding hydrogens is 231 g/mol. The molecule has 2 aromatic rings. The molecule has 2 rings (SSSR count). The Morgan fingerprint density at radius 3 is 2.61 bits per heavy atom. The van der Waals surface area contributed by atoms with Gasteiger partial charge in [0.15, 0.2) is 0 Å². The Labute approximate surface area is 106 Å². The predicted octanol–water partition coefficient (Wildman–Crippen LogP) is 3.03. The molecule has 1 N–H and O–H groups in total. The van der Waals surface area contributed by atoms with Gasteiger partial charge in [0.05, 0.1) is 23.9 Å². The van der Waals surface area contributed by atoms with Crippen molar-refractivity contribution in [1.82, 2.24) is 9.78 Å². The highest BCUT2D eigenvalue weighted by molar-refractivity contribution is 5.79. The largest absolute Gasteiger partial charge is 0.388 e. The topological polar surface area (TPSA) is 38.0 Å². The standard InChI is InChI=1S/C14H19FN2O/c1-4-14(18,5-2)9-17-13-7-12(15)10(3)6-11(13)8-16-17/h6-8,18H,4-5,9H2,1-3H3. The van der Waals surface area contributed by atoms with Crippen molar-refractivity contribution >= 4 is 10.9 Å². The Bertz CT molecular complexity index is 558. The van der Waals surface area contributed by atoms with Gasteiger partial charge in [0.25, 0.3) is 0 Å². The number of rotatable bonds is 4. The second kappa shape index (κ2) is 4.69. The lowest BCUT2D eigenvalue weighted by Crippen LogP contribution is -2.32. The van der Waals surface area contributed by atoms with E-state index in [9.17, 15) is 9.50 Å². The molecule has 1 heterocycles. The van der Waals surface area contributed by atoms with Crippen LogP contribution in [0.1, 0.15) is 32.3 Å². The van der Waals surface area contributed by atoms with Gasteiger partial charge in [0, 0.05) is 11.5 Å². The van der Waals surface area contributed by atoms with Gasteiger partial charge in [-0.3, -0.25) is 4.68 Å². The highest BCUT2D eigenvalue weighted by Crippen LogP contribution is 2.23. The SMILES string of the molecule is CCC(O)(CC)Cn1ncc2cc(C)c(F)cc21. The van der Waals surface area contributed by atoms with Crippen molar-refractivity contribution in [3.8, 4) is 0 Å². The maximum atomic E-state index is 13.6. The van der Waals surface area contributed by atoms with E-state index in [0.717, 1.165) is 10.9 Å². The van der Waals surface area contributed by atoms with Crippen LogP contribution in [-0.4, -0.2) is 20.5 Å². The first-order chi connectivity index (χ1) is 8.49. The molecule has 3 nitrogen and oxygen atoms in total. The van der Waals surface area contributed by atoms with Crippen LogP contribution in [0.5, 0.6) is 0 Å². The van der Waals surface area contributed by atoms with E-state index in [2.05, 4.69) is 5.10 Å². The minimum absolute atomic E-state index is 0.235. The van der Waals surface area contributed by atoms with Crippen LogP contribution in [-0.2, 0) is 6.54 Å². The average molecular weight is 250 g/mol. The fourth-order valence-electron chi connectivity index (χ4n) is 2.09. The highest BCUT2D eigenvalue weighted by atomic mass is 19.1. The summed E-state index contributed by atoms with van der Waals surface area (Å²) in [4.78, 5) is 0. The van der Waals surface area contributed by atoms with Crippen molar-refractivity contribution in [2.75, 3.05) is 0 Å². The predicted molar refractivity (Wildman–Crippen MR) is 70.0 cm³/mol. The highest BCUT2D eigenvalue weighted by Gasteiger charge is 2.24. The molecule has 0 amide bonds. The van der Waals surface area contributed by atoms with E-state index in [1.54, 1.807) is 23.9 Å². The average Bonchev–Trinajstić information content (AvgIpc) is 2.72. The Morgan fingerprint density at radius 1 is 1.33 bits per heavy atom. The Morgan fingerprint density at radius 2 is 2.00 bits per heavy atom. The third-order valence-corrected chi connectivity index (χ3v) is 3.68. The summed E-state index contributed by atoms with van der Waals surface area (Å²) in [7, 11) is 0. The van der Waals surface area contributed by atoms with Crippen LogP contribution in [0.4, 0.5) is 4.39 Å². The molecule has 0 atom stereocenters. The summed E-state index contributed by atoms with van der Waals surface area (Å²) in [5.74, 6) is -0.235. The first-order valence-electron chi connectivity index (χ1n) is 6.33. The van der Waals surface area contributed by atoms with Crippen molar-refractivity contribution in [2.24, 2.45) is 0 Å². The molecule has 0 aliphatic carbocycles. The van der Waals surface area contributed by atoms with Gasteiger partial charge in [-0.25, -0.2) is 4.39 Å². The molecule has 0 unspecified atom stereocenters. The zero-order valence-corrected chi connectivity index (χ0v) is 11.1. The summed E-state index contributed by atoms with van der Waals surface area (Å²) in [5.41, 5.74) is 0.571. The van der Waals surface area contributed by atoms with Gasteiger partial charge in [-0.1, -0.05) is 13.8 Å². The molecule has 1 aromatic heterocycles. The molecule has 1 aromatic carbocycles. The second-order valence-electron chi connectivity index (χ2n) is 4.89. The van der Waals surface area contributed by atoms with Crippen LogP contribution in [0.3, 0.4) is 0 Å². The first kappa shape index (κ1) is 13.0. The number of benzene rings is 1. The van der Waals surface area contributed by atoms with Gasteiger partial charge in [-0.05, 0) is 31.4 Å². The minimum Gasteiger partial charge on any atom is -0.388 e. The molecule has 0 aliphatic heterocycles. The maximum absolute atomic E-state index is 13.6. The molecule has 98 valence electrons. The molecule has 0 saturated carbocycles. The van der Waals surface area contributed by atoms with Crippen LogP contribution in [0.15, 0.2) is 18.3 Å². The molecule has 0 radical (unpaired) electrons. The van der Waals surface area contributed by atoms with Gasteiger partial charge in [0.1, 0.15) is 5.82 Å². The molecule has 18 heavy (non-hydrogen) atoms. The summed E-state index contributed by atoms with van der Waals surface area (Å²) in [6.07, 6.45) is 3.02. The van der Waals surface area contributed by atoms with E-state index >= 15 is 0 Å². The van der Waals surface area contributed by atoms with E-state index in [4.69, 9.17) is 0 Å². The molecule has 0 fully saturated rings. The number of hydrogen-bond donors (Lipinski definition) is 1. The van der Waals surface area contributed by atoms with Crippen LogP contribution in [0, 0.1) is 12.7 Å². The molecular formula is C14H19FN2O. The fourth-order valence-corrected chi connectivity index (χ4v) is 2.09. The zero-order chi connectivity index (χ0) is 13.3. The van der Waals surface area contributed by atoms with Crippen molar-refractivity contribution in [3.05, 3.63) is 29.7 Å². The number of halogens is 1. The van der Waals surface area contributed by atoms with Crippen molar-refractivity contribution in [3.63, 3.8) is 0 Å². The van der Waals surface area contributed by atoms with Gasteiger partial charge < -0.3 is 5.11 Å². The van der Waals surface area contributed by atoms with Crippen LogP contribution >= 0.6 is 0 Å². The monoisotopic (exact) mass is 250 g/mol. The summed E-state index contributed by atoms with van der Waals surface area (Å²) in [5, 5.41) is 15.5. The van der Waals surface area contributed by atoms with E-state index in [-0.39, 0.29) is 5.82 Å². The molecule has 0 aliphatic rings. The van der Waals surface area contributed by atoms with Crippen molar-refractivity contribution < 1.29 is 9.50 Å². The summed E-state index contributed by atoms with van der Waals surface area (Å²) in [6, 6.07) is 3.27. The smallest absolute Gasteiger partial charge is 0.128 e. The van der Waals surface area contributed by atoms with Crippen LogP contribution in [0.2, 0.25) is 0 Å². The fraction of sp³-hybridized carbons (Fsp3) is 0.500. The number of aryl methyl sites for hydroxylation is 1. The van der Waals surface area contributed by atoms with Crippen molar-refractivity contribution in [1.29, 1.82) is 0 Å². The second-order valence-corrected chi connectivity index (χ2v) is 4.89. The zero-order valence-electron chi connectivity index (χ0n) is 11.1. The normalized spacial score (nSPS) is 12.3. The molecule has 0 spiro atoms. The molecule has 4 heteroatoms. The van der Waals surface area contributed by atoms with E-state index < -0.39 is 5.60 Å². The van der Waals surface area contributed by atoms with Gasteiger partial charge >= 0.3 is 0 Å². The number of aliphatic hydroxyl groups is 1. The first-order valence-corrected chi connectivity index (χ1v) is 6.33. The van der Waals surface area contributed by atoms with Gasteiger partial charge in [-0.2, -0.15) is 5.10 Å². The van der Waals surface area contributed by atoms with Crippen LogP contribution < -0.4 is 0 Å². The number of hydrogen-bond acceptors (Lipinski definition) is 2. The number of fused-ring (bicyclic) bond motifs is 1. The number of aromatic nitrogens is 2. The van der Waals surface area contributed by atoms with Crippen LogP contribution in [0.25, 0.3) is 10.9 Å². The van der Waals surface area contributed by atoms with Gasteiger partial charge in [-0.15, -0.1) is 0 Å². The van der Waals surface area contributed by atoms with E-state index in [1.807, 2.05) is 13.8 Å². The summed E-state index contributed by atoms with van der Waals surface area (Å²) in [6.45, 7) is 6.02. The third-order valence-electron chi connectivity index (χ3n) is 3.68. The Balaban J connectivity index is 2.43. The minimum atomic E-state index is -0.777.